The van der Waals surface area contributed by atoms with E-state index >= 15 is 0 Å². The summed E-state index contributed by atoms with van der Waals surface area (Å²) >= 11 is 5.80. The second-order valence-corrected chi connectivity index (χ2v) is 5.66. The Kier molecular flexibility index (Phi) is 3.90. The third-order valence-electron chi connectivity index (χ3n) is 3.61. The molecule has 0 atom stereocenters. The first-order valence-corrected chi connectivity index (χ1v) is 7.33. The van der Waals surface area contributed by atoms with Gasteiger partial charge in [-0.3, -0.25) is 4.79 Å². The van der Waals surface area contributed by atoms with E-state index in [-0.39, 0.29) is 10.5 Å². The van der Waals surface area contributed by atoms with Gasteiger partial charge in [0.2, 0.25) is 5.43 Å². The van der Waals surface area contributed by atoms with E-state index < -0.39 is 0 Å². The monoisotopic (exact) mass is 314 g/mol. The molecule has 4 heteroatoms. The molecule has 1 heterocycles. The van der Waals surface area contributed by atoms with Crippen LogP contribution in [0.1, 0.15) is 16.7 Å². The van der Waals surface area contributed by atoms with Crippen LogP contribution in [0.4, 0.5) is 0 Å². The highest BCUT2D eigenvalue weighted by Gasteiger charge is 2.11. The lowest BCUT2D eigenvalue weighted by Crippen LogP contribution is -2.03. The van der Waals surface area contributed by atoms with Crippen molar-refractivity contribution in [3.05, 3.63) is 74.6 Å². The number of hydrogen-bond acceptors (Lipinski definition) is 3. The molecule has 2 aromatic carbocycles. The first kappa shape index (κ1) is 14.7. The van der Waals surface area contributed by atoms with Crippen molar-refractivity contribution >= 4 is 22.6 Å². The quantitative estimate of drug-likeness (QED) is 0.707. The summed E-state index contributed by atoms with van der Waals surface area (Å²) in [7, 11) is 0. The largest absolute Gasteiger partial charge is 0.488 e. The first-order valence-electron chi connectivity index (χ1n) is 6.95. The van der Waals surface area contributed by atoms with Crippen molar-refractivity contribution in [1.82, 2.24) is 0 Å². The summed E-state index contributed by atoms with van der Waals surface area (Å²) in [5.74, 6) is 0.693. The van der Waals surface area contributed by atoms with Crippen LogP contribution in [-0.4, -0.2) is 0 Å². The van der Waals surface area contributed by atoms with E-state index in [2.05, 4.69) is 0 Å². The fourth-order valence-corrected chi connectivity index (χ4v) is 2.45. The lowest BCUT2D eigenvalue weighted by molar-refractivity contribution is 0.304. The van der Waals surface area contributed by atoms with Gasteiger partial charge in [-0.05, 0) is 31.5 Å². The minimum atomic E-state index is -0.226. The van der Waals surface area contributed by atoms with Gasteiger partial charge in [-0.1, -0.05) is 41.4 Å². The number of benzene rings is 2. The first-order chi connectivity index (χ1) is 10.6. The minimum absolute atomic E-state index is 0.0835. The van der Waals surface area contributed by atoms with Crippen LogP contribution in [0.2, 0.25) is 5.02 Å². The lowest BCUT2D eigenvalue weighted by Gasteiger charge is -2.11. The molecular weight excluding hydrogens is 300 g/mol. The molecule has 0 aliphatic rings. The lowest BCUT2D eigenvalue weighted by atomic mass is 10.1. The summed E-state index contributed by atoms with van der Waals surface area (Å²) in [6.45, 7) is 4.37. The average molecular weight is 315 g/mol. The maximum atomic E-state index is 12.0. The Hall–Kier alpha value is -2.26. The second-order valence-electron chi connectivity index (χ2n) is 5.25. The molecular formula is C18H15ClO3. The molecule has 0 radical (unpaired) electrons. The number of halogens is 1. The molecule has 0 amide bonds. The summed E-state index contributed by atoms with van der Waals surface area (Å²) in [6.07, 6.45) is 1.27. The normalized spacial score (nSPS) is 10.9. The Morgan fingerprint density at radius 3 is 2.55 bits per heavy atom. The molecule has 22 heavy (non-hydrogen) atoms. The van der Waals surface area contributed by atoms with Crippen molar-refractivity contribution in [2.24, 2.45) is 0 Å². The molecule has 0 fully saturated rings. The summed E-state index contributed by atoms with van der Waals surface area (Å²) in [4.78, 5) is 12.0. The molecule has 0 saturated heterocycles. The van der Waals surface area contributed by atoms with Gasteiger partial charge in [-0.25, -0.2) is 0 Å². The van der Waals surface area contributed by atoms with E-state index in [0.717, 1.165) is 11.1 Å². The number of ether oxygens (including phenoxy) is 1. The highest BCUT2D eigenvalue weighted by Crippen LogP contribution is 2.27. The standard InChI is InChI=1S/C18H15ClO3/c1-11-3-5-13(6-4-11)9-21-16-8-7-14-17(20)15(19)10-22-18(14)12(16)2/h3-8,10H,9H2,1-2H3. The Morgan fingerprint density at radius 2 is 1.82 bits per heavy atom. The average Bonchev–Trinajstić information content (AvgIpc) is 2.52. The summed E-state index contributed by atoms with van der Waals surface area (Å²) in [6, 6.07) is 11.6. The molecule has 0 bridgehead atoms. The molecule has 0 unspecified atom stereocenters. The number of fused-ring (bicyclic) bond motifs is 1. The van der Waals surface area contributed by atoms with Gasteiger partial charge in [0.15, 0.2) is 0 Å². The van der Waals surface area contributed by atoms with Crippen LogP contribution in [0, 0.1) is 13.8 Å². The SMILES string of the molecule is Cc1ccc(COc2ccc3c(=O)c(Cl)coc3c2C)cc1. The fraction of sp³-hybridized carbons (Fsp3) is 0.167. The van der Waals surface area contributed by atoms with E-state index in [4.69, 9.17) is 20.8 Å². The summed E-state index contributed by atoms with van der Waals surface area (Å²) < 4.78 is 11.3. The van der Waals surface area contributed by atoms with E-state index in [1.54, 1.807) is 12.1 Å². The third kappa shape index (κ3) is 2.72. The topological polar surface area (TPSA) is 39.4 Å². The molecule has 0 saturated carbocycles. The summed E-state index contributed by atoms with van der Waals surface area (Å²) in [5.41, 5.74) is 3.37. The van der Waals surface area contributed by atoms with E-state index in [1.165, 1.54) is 11.8 Å². The smallest absolute Gasteiger partial charge is 0.211 e. The zero-order chi connectivity index (χ0) is 15.7. The van der Waals surface area contributed by atoms with Gasteiger partial charge in [-0.2, -0.15) is 0 Å². The number of hydrogen-bond donors (Lipinski definition) is 0. The molecule has 3 rings (SSSR count). The van der Waals surface area contributed by atoms with Gasteiger partial charge in [-0.15, -0.1) is 0 Å². The van der Waals surface area contributed by atoms with Crippen LogP contribution in [0.5, 0.6) is 5.75 Å². The maximum Gasteiger partial charge on any atom is 0.211 e. The number of rotatable bonds is 3. The second kappa shape index (κ2) is 5.85. The van der Waals surface area contributed by atoms with Gasteiger partial charge in [0.05, 0.1) is 5.39 Å². The van der Waals surface area contributed by atoms with Gasteiger partial charge in [0.1, 0.15) is 29.2 Å². The number of aryl methyl sites for hydroxylation is 2. The van der Waals surface area contributed by atoms with Crippen molar-refractivity contribution in [2.45, 2.75) is 20.5 Å². The molecule has 1 aromatic heterocycles. The molecule has 0 aliphatic carbocycles. The predicted octanol–water partition coefficient (Wildman–Crippen LogP) is 4.64. The van der Waals surface area contributed by atoms with E-state index in [0.29, 0.717) is 23.3 Å². The van der Waals surface area contributed by atoms with Gasteiger partial charge in [0, 0.05) is 5.56 Å². The van der Waals surface area contributed by atoms with Crippen molar-refractivity contribution in [3.8, 4) is 5.75 Å². The molecule has 3 nitrogen and oxygen atoms in total. The van der Waals surface area contributed by atoms with Crippen molar-refractivity contribution in [1.29, 1.82) is 0 Å². The Balaban J connectivity index is 1.91. The Labute approximate surface area is 133 Å². The highest BCUT2D eigenvalue weighted by atomic mass is 35.5. The molecule has 0 spiro atoms. The summed E-state index contributed by atoms with van der Waals surface area (Å²) in [5, 5.41) is 0.549. The van der Waals surface area contributed by atoms with Crippen molar-refractivity contribution in [2.75, 3.05) is 0 Å². The molecule has 112 valence electrons. The highest BCUT2D eigenvalue weighted by molar-refractivity contribution is 6.30. The molecule has 0 aliphatic heterocycles. The molecule has 0 N–H and O–H groups in total. The van der Waals surface area contributed by atoms with Crippen LogP contribution in [0.25, 0.3) is 11.0 Å². The van der Waals surface area contributed by atoms with Crippen molar-refractivity contribution in [3.63, 3.8) is 0 Å². The predicted molar refractivity (Wildman–Crippen MR) is 87.7 cm³/mol. The zero-order valence-corrected chi connectivity index (χ0v) is 13.1. The van der Waals surface area contributed by atoms with Gasteiger partial charge < -0.3 is 9.15 Å². The van der Waals surface area contributed by atoms with Crippen LogP contribution < -0.4 is 10.2 Å². The van der Waals surface area contributed by atoms with Gasteiger partial charge >= 0.3 is 0 Å². The van der Waals surface area contributed by atoms with Crippen LogP contribution in [0.15, 0.2) is 51.9 Å². The minimum Gasteiger partial charge on any atom is -0.488 e. The third-order valence-corrected chi connectivity index (χ3v) is 3.87. The Bertz CT molecular complexity index is 879. The van der Waals surface area contributed by atoms with Crippen molar-refractivity contribution < 1.29 is 9.15 Å². The van der Waals surface area contributed by atoms with E-state index in [1.807, 2.05) is 38.1 Å². The van der Waals surface area contributed by atoms with E-state index in [9.17, 15) is 4.79 Å². The Morgan fingerprint density at radius 1 is 1.09 bits per heavy atom. The van der Waals surface area contributed by atoms with Crippen LogP contribution in [0.3, 0.4) is 0 Å². The van der Waals surface area contributed by atoms with Crippen LogP contribution in [-0.2, 0) is 6.61 Å². The molecule has 3 aromatic rings. The van der Waals surface area contributed by atoms with Crippen LogP contribution >= 0.6 is 11.6 Å². The zero-order valence-electron chi connectivity index (χ0n) is 12.4. The van der Waals surface area contributed by atoms with Gasteiger partial charge in [0.25, 0.3) is 0 Å². The maximum absolute atomic E-state index is 12.0. The fourth-order valence-electron chi connectivity index (χ4n) is 2.30.